The Kier molecular flexibility index (Phi) is 4.82. The molecule has 4 nitrogen and oxygen atoms in total. The second kappa shape index (κ2) is 6.43. The number of hydrogen-bond donors (Lipinski definition) is 2. The van der Waals surface area contributed by atoms with Gasteiger partial charge in [0, 0.05) is 11.6 Å². The van der Waals surface area contributed by atoms with Crippen molar-refractivity contribution in [3.63, 3.8) is 0 Å². The highest BCUT2D eigenvalue weighted by Crippen LogP contribution is 2.18. The molecule has 2 N–H and O–H groups in total. The van der Waals surface area contributed by atoms with Crippen molar-refractivity contribution in [2.75, 3.05) is 0 Å². The molecule has 0 radical (unpaired) electrons. The molecular weight excluding hydrogens is 317 g/mol. The van der Waals surface area contributed by atoms with E-state index in [4.69, 9.17) is 16.7 Å². The van der Waals surface area contributed by atoms with Gasteiger partial charge in [0.25, 0.3) is 0 Å². The van der Waals surface area contributed by atoms with Gasteiger partial charge in [0.2, 0.25) is 10.0 Å². The first kappa shape index (κ1) is 15.8. The zero-order valence-electron chi connectivity index (χ0n) is 10.9. The van der Waals surface area contributed by atoms with Gasteiger partial charge in [0.1, 0.15) is 0 Å². The van der Waals surface area contributed by atoms with Crippen LogP contribution in [-0.2, 0) is 22.3 Å². The summed E-state index contributed by atoms with van der Waals surface area (Å²) in [6.45, 7) is -0.0655. The number of benzene rings is 2. The SMILES string of the molecule is O=S(=O)(Cc1ccccc1Cl)NCc1ccc(O)c(F)c1. The normalized spacial score (nSPS) is 11.5. The molecule has 0 saturated carbocycles. The summed E-state index contributed by atoms with van der Waals surface area (Å²) in [4.78, 5) is 0. The topological polar surface area (TPSA) is 66.4 Å². The van der Waals surface area contributed by atoms with Crippen LogP contribution in [0.3, 0.4) is 0 Å². The first-order valence-corrected chi connectivity index (χ1v) is 8.08. The lowest BCUT2D eigenvalue weighted by molar-refractivity contribution is 0.431. The third kappa shape index (κ3) is 4.42. The van der Waals surface area contributed by atoms with Gasteiger partial charge in [-0.3, -0.25) is 0 Å². The Balaban J connectivity index is 2.04. The largest absolute Gasteiger partial charge is 0.505 e. The van der Waals surface area contributed by atoms with E-state index in [1.54, 1.807) is 24.3 Å². The van der Waals surface area contributed by atoms with Crippen molar-refractivity contribution in [3.8, 4) is 5.75 Å². The third-order valence-corrected chi connectivity index (χ3v) is 4.46. The van der Waals surface area contributed by atoms with Crippen molar-refractivity contribution in [1.29, 1.82) is 0 Å². The number of halogens is 2. The average molecular weight is 330 g/mol. The molecule has 0 bridgehead atoms. The van der Waals surface area contributed by atoms with Crippen LogP contribution in [0.15, 0.2) is 42.5 Å². The van der Waals surface area contributed by atoms with Crippen LogP contribution in [0.4, 0.5) is 4.39 Å². The first-order chi connectivity index (χ1) is 9.87. The molecule has 0 spiro atoms. The Morgan fingerprint density at radius 2 is 1.90 bits per heavy atom. The summed E-state index contributed by atoms with van der Waals surface area (Å²) in [5.74, 6) is -1.52. The molecule has 7 heteroatoms. The van der Waals surface area contributed by atoms with Gasteiger partial charge in [-0.15, -0.1) is 0 Å². The number of hydrogen-bond acceptors (Lipinski definition) is 3. The van der Waals surface area contributed by atoms with Crippen molar-refractivity contribution in [3.05, 3.63) is 64.4 Å². The van der Waals surface area contributed by atoms with Crippen LogP contribution in [0.5, 0.6) is 5.75 Å². The van der Waals surface area contributed by atoms with Gasteiger partial charge in [-0.1, -0.05) is 35.9 Å². The maximum atomic E-state index is 13.2. The molecular formula is C14H13ClFNO3S. The van der Waals surface area contributed by atoms with E-state index < -0.39 is 21.6 Å². The summed E-state index contributed by atoms with van der Waals surface area (Å²) < 4.78 is 39.4. The monoisotopic (exact) mass is 329 g/mol. The summed E-state index contributed by atoms with van der Waals surface area (Å²) in [6.07, 6.45) is 0. The number of phenols is 1. The van der Waals surface area contributed by atoms with Gasteiger partial charge >= 0.3 is 0 Å². The quantitative estimate of drug-likeness (QED) is 0.886. The van der Waals surface area contributed by atoms with Crippen LogP contribution in [0.25, 0.3) is 0 Å². The number of nitrogens with one attached hydrogen (secondary N) is 1. The summed E-state index contributed by atoms with van der Waals surface area (Å²) in [6, 6.07) is 10.3. The highest BCUT2D eigenvalue weighted by atomic mass is 35.5. The van der Waals surface area contributed by atoms with Crippen molar-refractivity contribution in [1.82, 2.24) is 4.72 Å². The van der Waals surface area contributed by atoms with Gasteiger partial charge in [0.05, 0.1) is 5.75 Å². The Labute approximate surface area is 127 Å². The van der Waals surface area contributed by atoms with Crippen LogP contribution >= 0.6 is 11.6 Å². The fourth-order valence-electron chi connectivity index (χ4n) is 1.72. The van der Waals surface area contributed by atoms with E-state index in [9.17, 15) is 12.8 Å². The Hall–Kier alpha value is -1.63. The van der Waals surface area contributed by atoms with Crippen molar-refractivity contribution < 1.29 is 17.9 Å². The highest BCUT2D eigenvalue weighted by Gasteiger charge is 2.13. The molecule has 0 aromatic heterocycles. The predicted octanol–water partition coefficient (Wildman–Crippen LogP) is 2.80. The smallest absolute Gasteiger partial charge is 0.216 e. The molecule has 0 fully saturated rings. The minimum absolute atomic E-state index is 0.0655. The Bertz CT molecular complexity index is 750. The molecule has 0 aliphatic carbocycles. The number of aromatic hydroxyl groups is 1. The van der Waals surface area contributed by atoms with Gasteiger partial charge in [-0.2, -0.15) is 0 Å². The van der Waals surface area contributed by atoms with E-state index in [1.807, 2.05) is 0 Å². The summed E-state index contributed by atoms with van der Waals surface area (Å²) in [5.41, 5.74) is 0.900. The van der Waals surface area contributed by atoms with Gasteiger partial charge < -0.3 is 5.11 Å². The molecule has 0 unspecified atom stereocenters. The van der Waals surface area contributed by atoms with Crippen LogP contribution in [0.1, 0.15) is 11.1 Å². The van der Waals surface area contributed by atoms with Crippen molar-refractivity contribution in [2.24, 2.45) is 0 Å². The fourth-order valence-corrected chi connectivity index (χ4v) is 3.16. The second-order valence-electron chi connectivity index (χ2n) is 4.46. The number of phenolic OH excluding ortho intramolecular Hbond substituents is 1. The molecule has 0 heterocycles. The maximum absolute atomic E-state index is 13.2. The van der Waals surface area contributed by atoms with Crippen molar-refractivity contribution >= 4 is 21.6 Å². The lowest BCUT2D eigenvalue weighted by Crippen LogP contribution is -2.24. The maximum Gasteiger partial charge on any atom is 0.216 e. The summed E-state index contributed by atoms with van der Waals surface area (Å²) >= 11 is 5.92. The number of sulfonamides is 1. The molecule has 2 aromatic carbocycles. The number of rotatable bonds is 5. The Morgan fingerprint density at radius 3 is 2.57 bits per heavy atom. The fraction of sp³-hybridized carbons (Fsp3) is 0.143. The first-order valence-electron chi connectivity index (χ1n) is 6.05. The third-order valence-electron chi connectivity index (χ3n) is 2.81. The van der Waals surface area contributed by atoms with E-state index in [0.717, 1.165) is 6.07 Å². The van der Waals surface area contributed by atoms with E-state index in [2.05, 4.69) is 4.72 Å². The molecule has 112 valence electrons. The predicted molar refractivity (Wildman–Crippen MR) is 79.0 cm³/mol. The van der Waals surface area contributed by atoms with Crippen LogP contribution < -0.4 is 4.72 Å². The van der Waals surface area contributed by atoms with Gasteiger partial charge in [-0.25, -0.2) is 17.5 Å². The zero-order valence-corrected chi connectivity index (χ0v) is 12.5. The molecule has 0 amide bonds. The lowest BCUT2D eigenvalue weighted by Gasteiger charge is -2.08. The Morgan fingerprint density at radius 1 is 1.19 bits per heavy atom. The van der Waals surface area contributed by atoms with E-state index in [-0.39, 0.29) is 12.3 Å². The van der Waals surface area contributed by atoms with Crippen molar-refractivity contribution in [2.45, 2.75) is 12.3 Å². The minimum atomic E-state index is -3.60. The zero-order chi connectivity index (χ0) is 15.5. The molecule has 0 saturated heterocycles. The molecule has 0 atom stereocenters. The second-order valence-corrected chi connectivity index (χ2v) is 6.67. The van der Waals surface area contributed by atoms with Gasteiger partial charge in [0.15, 0.2) is 11.6 Å². The minimum Gasteiger partial charge on any atom is -0.505 e. The average Bonchev–Trinajstić information content (AvgIpc) is 2.43. The highest BCUT2D eigenvalue weighted by molar-refractivity contribution is 7.88. The molecule has 0 aliphatic heterocycles. The summed E-state index contributed by atoms with van der Waals surface area (Å²) in [7, 11) is -3.60. The van der Waals surface area contributed by atoms with E-state index in [0.29, 0.717) is 16.1 Å². The standard InChI is InChI=1S/C14H13ClFNO3S/c15-12-4-2-1-3-11(12)9-21(19,20)17-8-10-5-6-14(18)13(16)7-10/h1-7,17-18H,8-9H2. The molecule has 2 rings (SSSR count). The van der Waals surface area contributed by atoms with Crippen LogP contribution in [-0.4, -0.2) is 13.5 Å². The van der Waals surface area contributed by atoms with Gasteiger partial charge in [-0.05, 0) is 29.3 Å². The summed E-state index contributed by atoms with van der Waals surface area (Å²) in [5, 5.41) is 9.44. The van der Waals surface area contributed by atoms with Crippen LogP contribution in [0, 0.1) is 5.82 Å². The molecule has 0 aliphatic rings. The lowest BCUT2D eigenvalue weighted by atomic mass is 10.2. The molecule has 21 heavy (non-hydrogen) atoms. The molecule has 2 aromatic rings. The van der Waals surface area contributed by atoms with E-state index in [1.165, 1.54) is 12.1 Å². The van der Waals surface area contributed by atoms with E-state index >= 15 is 0 Å². The van der Waals surface area contributed by atoms with Crippen LogP contribution in [0.2, 0.25) is 5.02 Å².